The highest BCUT2D eigenvalue weighted by atomic mass is 79.9. The Balaban J connectivity index is 2.13. The molecule has 2 aromatic carbocycles. The lowest BCUT2D eigenvalue weighted by atomic mass is 10.1. The maximum absolute atomic E-state index is 13.0. The maximum atomic E-state index is 13.0. The van der Waals surface area contributed by atoms with Gasteiger partial charge in [-0.25, -0.2) is 0 Å². The number of benzene rings is 2. The van der Waals surface area contributed by atoms with Crippen molar-refractivity contribution in [3.63, 3.8) is 0 Å². The van der Waals surface area contributed by atoms with Crippen LogP contribution >= 0.6 is 31.9 Å². The Morgan fingerprint density at radius 1 is 1.00 bits per heavy atom. The van der Waals surface area contributed by atoms with Crippen LogP contribution in [0, 0.1) is 0 Å². The van der Waals surface area contributed by atoms with Crippen molar-refractivity contribution in [2.75, 3.05) is 6.61 Å². The van der Waals surface area contributed by atoms with Gasteiger partial charge < -0.3 is 15.0 Å². The van der Waals surface area contributed by atoms with Gasteiger partial charge in [0.15, 0.2) is 6.61 Å². The van der Waals surface area contributed by atoms with Crippen molar-refractivity contribution in [3.8, 4) is 5.75 Å². The largest absolute Gasteiger partial charge is 0.484 e. The zero-order valence-electron chi connectivity index (χ0n) is 16.8. The summed E-state index contributed by atoms with van der Waals surface area (Å²) in [4.78, 5) is 27.2. The first kappa shape index (κ1) is 23.4. The number of amides is 2. The highest BCUT2D eigenvalue weighted by Gasteiger charge is 2.27. The maximum Gasteiger partial charge on any atom is 0.261 e. The SMILES string of the molecule is CC[C@H](C)NC(=O)[C@@H](C)N(Cc1ccc(Br)cc1)C(=O)COc1ccc(Br)cc1. The Hall–Kier alpha value is -1.86. The van der Waals surface area contributed by atoms with E-state index in [-0.39, 0.29) is 24.5 Å². The molecule has 0 unspecified atom stereocenters. The van der Waals surface area contributed by atoms with E-state index in [4.69, 9.17) is 4.74 Å². The lowest BCUT2D eigenvalue weighted by Gasteiger charge is -2.29. The molecule has 7 heteroatoms. The fourth-order valence-electron chi connectivity index (χ4n) is 2.59. The molecule has 2 atom stereocenters. The smallest absolute Gasteiger partial charge is 0.261 e. The lowest BCUT2D eigenvalue weighted by Crippen LogP contribution is -2.50. The lowest BCUT2D eigenvalue weighted by molar-refractivity contribution is -0.142. The molecule has 0 spiro atoms. The summed E-state index contributed by atoms with van der Waals surface area (Å²) in [7, 11) is 0. The summed E-state index contributed by atoms with van der Waals surface area (Å²) in [6.07, 6.45) is 0.825. The summed E-state index contributed by atoms with van der Waals surface area (Å²) in [6.45, 7) is 5.88. The fourth-order valence-corrected chi connectivity index (χ4v) is 3.12. The van der Waals surface area contributed by atoms with E-state index in [1.54, 1.807) is 24.0 Å². The zero-order chi connectivity index (χ0) is 21.4. The monoisotopic (exact) mass is 524 g/mol. The number of hydrogen-bond donors (Lipinski definition) is 1. The molecule has 29 heavy (non-hydrogen) atoms. The van der Waals surface area contributed by atoms with Crippen LogP contribution in [0.3, 0.4) is 0 Å². The molecule has 156 valence electrons. The molecule has 2 amide bonds. The van der Waals surface area contributed by atoms with Crippen molar-refractivity contribution in [1.29, 1.82) is 0 Å². The third-order valence-electron chi connectivity index (χ3n) is 4.61. The molecular formula is C22H26Br2N2O3. The second-order valence-electron chi connectivity index (χ2n) is 6.88. The Kier molecular flexibility index (Phi) is 9.17. The van der Waals surface area contributed by atoms with Crippen molar-refractivity contribution in [2.24, 2.45) is 0 Å². The van der Waals surface area contributed by atoms with Crippen LogP contribution in [-0.2, 0) is 16.1 Å². The van der Waals surface area contributed by atoms with E-state index in [9.17, 15) is 9.59 Å². The van der Waals surface area contributed by atoms with Gasteiger partial charge in [0.1, 0.15) is 11.8 Å². The summed E-state index contributed by atoms with van der Waals surface area (Å²) in [5.74, 6) is 0.179. The van der Waals surface area contributed by atoms with Crippen LogP contribution in [0.4, 0.5) is 0 Å². The second kappa shape index (κ2) is 11.4. The molecule has 0 heterocycles. The Labute approximate surface area is 189 Å². The van der Waals surface area contributed by atoms with Crippen molar-refractivity contribution in [3.05, 3.63) is 63.0 Å². The van der Waals surface area contributed by atoms with Crippen LogP contribution in [0.15, 0.2) is 57.5 Å². The van der Waals surface area contributed by atoms with Gasteiger partial charge in [-0.05, 0) is 62.2 Å². The Morgan fingerprint density at radius 2 is 1.55 bits per heavy atom. The molecule has 0 saturated heterocycles. The fraction of sp³-hybridized carbons (Fsp3) is 0.364. The molecule has 0 saturated carbocycles. The van der Waals surface area contributed by atoms with Crippen LogP contribution in [0.5, 0.6) is 5.75 Å². The standard InChI is InChI=1S/C22H26Br2N2O3/c1-4-15(2)25-22(28)16(3)26(13-17-5-7-18(23)8-6-17)21(27)14-29-20-11-9-19(24)10-12-20/h5-12,15-16H,4,13-14H2,1-3H3,(H,25,28)/t15-,16+/m0/s1. The summed E-state index contributed by atoms with van der Waals surface area (Å²) in [6, 6.07) is 14.4. The quantitative estimate of drug-likeness (QED) is 0.505. The number of nitrogens with one attached hydrogen (secondary N) is 1. The molecule has 0 aliphatic carbocycles. The Morgan fingerprint density at radius 3 is 2.10 bits per heavy atom. The number of carbonyl (C=O) groups excluding carboxylic acids is 2. The van der Waals surface area contributed by atoms with Crippen molar-refractivity contribution in [1.82, 2.24) is 10.2 Å². The number of rotatable bonds is 9. The molecular weight excluding hydrogens is 500 g/mol. The molecule has 0 aliphatic heterocycles. The molecule has 5 nitrogen and oxygen atoms in total. The van der Waals surface area contributed by atoms with Crippen LogP contribution in [0.25, 0.3) is 0 Å². The minimum atomic E-state index is -0.617. The van der Waals surface area contributed by atoms with Crippen molar-refractivity contribution >= 4 is 43.7 Å². The highest BCUT2D eigenvalue weighted by Crippen LogP contribution is 2.17. The number of carbonyl (C=O) groups is 2. The van der Waals surface area contributed by atoms with E-state index in [2.05, 4.69) is 37.2 Å². The third-order valence-corrected chi connectivity index (χ3v) is 5.67. The molecule has 0 fully saturated rings. The first-order chi connectivity index (χ1) is 13.8. The van der Waals surface area contributed by atoms with Gasteiger partial charge in [-0.1, -0.05) is 50.9 Å². The van der Waals surface area contributed by atoms with E-state index in [1.807, 2.05) is 50.2 Å². The second-order valence-corrected chi connectivity index (χ2v) is 8.72. The number of halogens is 2. The number of ether oxygens (including phenoxy) is 1. The van der Waals surface area contributed by atoms with Gasteiger partial charge in [-0.15, -0.1) is 0 Å². The molecule has 0 aliphatic rings. The minimum absolute atomic E-state index is 0.0496. The van der Waals surface area contributed by atoms with Gasteiger partial charge in [0.2, 0.25) is 5.91 Å². The minimum Gasteiger partial charge on any atom is -0.484 e. The van der Waals surface area contributed by atoms with Gasteiger partial charge >= 0.3 is 0 Å². The van der Waals surface area contributed by atoms with Crippen LogP contribution in [-0.4, -0.2) is 35.4 Å². The Bertz CT molecular complexity index is 810. The van der Waals surface area contributed by atoms with Gasteiger partial charge in [0.25, 0.3) is 5.91 Å². The number of hydrogen-bond acceptors (Lipinski definition) is 3. The van der Waals surface area contributed by atoms with Gasteiger partial charge in [-0.3, -0.25) is 9.59 Å². The molecule has 2 aromatic rings. The van der Waals surface area contributed by atoms with Gasteiger partial charge in [0, 0.05) is 21.5 Å². The average molecular weight is 526 g/mol. The zero-order valence-corrected chi connectivity index (χ0v) is 20.0. The van der Waals surface area contributed by atoms with E-state index >= 15 is 0 Å². The van der Waals surface area contributed by atoms with E-state index < -0.39 is 6.04 Å². The van der Waals surface area contributed by atoms with E-state index in [1.165, 1.54) is 0 Å². The first-order valence-corrected chi connectivity index (χ1v) is 11.1. The van der Waals surface area contributed by atoms with Crippen molar-refractivity contribution < 1.29 is 14.3 Å². The normalized spacial score (nSPS) is 12.7. The van der Waals surface area contributed by atoms with Crippen molar-refractivity contribution in [2.45, 2.75) is 45.8 Å². The summed E-state index contributed by atoms with van der Waals surface area (Å²) in [5.41, 5.74) is 0.938. The van der Waals surface area contributed by atoms with Crippen LogP contribution in [0.2, 0.25) is 0 Å². The van der Waals surface area contributed by atoms with Crippen LogP contribution in [0.1, 0.15) is 32.8 Å². The predicted molar refractivity (Wildman–Crippen MR) is 122 cm³/mol. The summed E-state index contributed by atoms with van der Waals surface area (Å²) in [5, 5.41) is 2.95. The number of nitrogens with zero attached hydrogens (tertiary/aromatic N) is 1. The molecule has 0 aromatic heterocycles. The topological polar surface area (TPSA) is 58.6 Å². The first-order valence-electron chi connectivity index (χ1n) is 9.52. The van der Waals surface area contributed by atoms with Gasteiger partial charge in [0.05, 0.1) is 0 Å². The third kappa shape index (κ3) is 7.48. The molecule has 2 rings (SSSR count). The summed E-state index contributed by atoms with van der Waals surface area (Å²) >= 11 is 6.79. The summed E-state index contributed by atoms with van der Waals surface area (Å²) < 4.78 is 7.53. The molecule has 0 bridgehead atoms. The van der Waals surface area contributed by atoms with E-state index in [0.717, 1.165) is 20.9 Å². The average Bonchev–Trinajstić information content (AvgIpc) is 2.72. The predicted octanol–water partition coefficient (Wildman–Crippen LogP) is 4.92. The molecule has 0 radical (unpaired) electrons. The molecule has 1 N–H and O–H groups in total. The highest BCUT2D eigenvalue weighted by molar-refractivity contribution is 9.10. The van der Waals surface area contributed by atoms with Gasteiger partial charge in [-0.2, -0.15) is 0 Å². The van der Waals surface area contributed by atoms with E-state index in [0.29, 0.717) is 12.3 Å². The van der Waals surface area contributed by atoms with Crippen LogP contribution < -0.4 is 10.1 Å².